The van der Waals surface area contributed by atoms with Crippen molar-refractivity contribution in [2.75, 3.05) is 6.16 Å². The van der Waals surface area contributed by atoms with E-state index in [9.17, 15) is 18.7 Å². The van der Waals surface area contributed by atoms with Gasteiger partial charge in [-0.2, -0.15) is 0 Å². The van der Waals surface area contributed by atoms with Crippen LogP contribution in [0.15, 0.2) is 59.8 Å². The Labute approximate surface area is 185 Å². The Bertz CT molecular complexity index is 1190. The molecule has 0 bridgehead atoms. The van der Waals surface area contributed by atoms with Crippen molar-refractivity contribution in [3.8, 4) is 0 Å². The molecule has 0 aliphatic carbocycles. The van der Waals surface area contributed by atoms with Crippen LogP contribution in [0, 0.1) is 24.6 Å². The predicted molar refractivity (Wildman–Crippen MR) is 121 cm³/mol. The lowest BCUT2D eigenvalue weighted by Gasteiger charge is -2.14. The number of nitrogens with zero attached hydrogens (tertiary/aromatic N) is 1. The van der Waals surface area contributed by atoms with E-state index in [4.69, 9.17) is 9.79 Å². The van der Waals surface area contributed by atoms with Crippen LogP contribution in [0.25, 0.3) is 0 Å². The number of ketones is 1. The number of hydrogen-bond acceptors (Lipinski definition) is 4. The molecule has 3 aromatic rings. The highest BCUT2D eigenvalue weighted by atomic mass is 31.2. The van der Waals surface area contributed by atoms with E-state index in [1.165, 1.54) is 12.1 Å². The molecule has 0 radical (unpaired) electrons. The van der Waals surface area contributed by atoms with Crippen molar-refractivity contribution in [2.45, 2.75) is 26.7 Å². The molecule has 0 spiro atoms. The summed E-state index contributed by atoms with van der Waals surface area (Å²) in [7, 11) is -4.43. The lowest BCUT2D eigenvalue weighted by atomic mass is 9.91. The summed E-state index contributed by atoms with van der Waals surface area (Å²) in [4.78, 5) is 41.6. The van der Waals surface area contributed by atoms with Crippen LogP contribution in [0.5, 0.6) is 0 Å². The number of aryl methyl sites for hydroxylation is 2. The second-order valence-electron chi connectivity index (χ2n) is 7.87. The zero-order valence-corrected chi connectivity index (χ0v) is 18.6. The molecule has 6 nitrogen and oxygen atoms in total. The quantitative estimate of drug-likeness (QED) is 0.270. The first-order valence-corrected chi connectivity index (χ1v) is 11.7. The molecule has 2 N–H and O–H groups in total. The number of halogens is 1. The number of carbonyl (C=O) groups is 1. The van der Waals surface area contributed by atoms with Gasteiger partial charge in [-0.05, 0) is 95.6 Å². The summed E-state index contributed by atoms with van der Waals surface area (Å²) in [5.41, 5.74) is 5.76. The average Bonchev–Trinajstić information content (AvgIpc) is 2.71. The fourth-order valence-corrected chi connectivity index (χ4v) is 4.27. The summed E-state index contributed by atoms with van der Waals surface area (Å²) in [5, 5.41) is 3.10. The number of benzene rings is 3. The summed E-state index contributed by atoms with van der Waals surface area (Å²) < 4.78 is 24.3. The van der Waals surface area contributed by atoms with Crippen LogP contribution in [0.2, 0.25) is 0 Å². The third kappa shape index (κ3) is 6.04. The first-order valence-electron chi connectivity index (χ1n) is 9.93. The molecule has 0 atom stereocenters. The van der Waals surface area contributed by atoms with Gasteiger partial charge in [-0.1, -0.05) is 24.3 Å². The van der Waals surface area contributed by atoms with Gasteiger partial charge in [0.15, 0.2) is 5.78 Å². The molecule has 0 fully saturated rings. The maximum atomic E-state index is 13.2. The molecule has 0 saturated carbocycles. The highest BCUT2D eigenvalue weighted by Crippen LogP contribution is 2.35. The van der Waals surface area contributed by atoms with Gasteiger partial charge in [0.05, 0.1) is 0 Å². The third-order valence-electron chi connectivity index (χ3n) is 5.30. The monoisotopic (exact) mass is 455 g/mol. The van der Waals surface area contributed by atoms with E-state index >= 15 is 0 Å². The molecule has 0 saturated heterocycles. The summed E-state index contributed by atoms with van der Waals surface area (Å²) >= 11 is 0. The summed E-state index contributed by atoms with van der Waals surface area (Å²) in [6.07, 6.45) is 0.154. The molecule has 8 heteroatoms. The molecule has 3 rings (SSSR count). The lowest BCUT2D eigenvalue weighted by molar-refractivity contribution is 0.101. The van der Waals surface area contributed by atoms with E-state index in [0.29, 0.717) is 18.5 Å². The number of hydrogen-bond donors (Lipinski definition) is 2. The minimum absolute atomic E-state index is 0.268. The van der Waals surface area contributed by atoms with Gasteiger partial charge in [0, 0.05) is 5.56 Å². The van der Waals surface area contributed by atoms with Crippen molar-refractivity contribution in [2.24, 2.45) is 5.18 Å². The lowest BCUT2D eigenvalue weighted by Crippen LogP contribution is -2.08. The molecule has 32 heavy (non-hydrogen) atoms. The molecular formula is C24H23FNO5P. The van der Waals surface area contributed by atoms with Crippen molar-refractivity contribution in [3.63, 3.8) is 0 Å². The fraction of sp³-hybridized carbons (Fsp3) is 0.208. The van der Waals surface area contributed by atoms with E-state index in [-0.39, 0.29) is 11.4 Å². The van der Waals surface area contributed by atoms with Crippen LogP contribution in [-0.4, -0.2) is 21.7 Å². The molecule has 0 amide bonds. The molecule has 0 aliphatic rings. The molecule has 0 heterocycles. The third-order valence-corrected chi connectivity index (χ3v) is 6.00. The van der Waals surface area contributed by atoms with Gasteiger partial charge in [0.2, 0.25) is 0 Å². The van der Waals surface area contributed by atoms with Crippen LogP contribution in [-0.2, 0) is 17.4 Å². The Balaban J connectivity index is 1.88. The number of Topliss-reactive ketones (excluding diaryl/α,β-unsaturated/α-hetero) is 1. The predicted octanol–water partition coefficient (Wildman–Crippen LogP) is 5.38. The van der Waals surface area contributed by atoms with Crippen molar-refractivity contribution >= 4 is 19.1 Å². The van der Waals surface area contributed by atoms with Gasteiger partial charge in [-0.15, -0.1) is 4.91 Å². The van der Waals surface area contributed by atoms with E-state index in [1.54, 1.807) is 30.3 Å². The Hall–Kier alpha value is -2.99. The van der Waals surface area contributed by atoms with E-state index in [0.717, 1.165) is 33.4 Å². The van der Waals surface area contributed by atoms with Gasteiger partial charge in [0.1, 0.15) is 17.7 Å². The highest BCUT2D eigenvalue weighted by molar-refractivity contribution is 7.52. The van der Waals surface area contributed by atoms with E-state index < -0.39 is 19.5 Å². The van der Waals surface area contributed by atoms with Gasteiger partial charge < -0.3 is 9.79 Å². The van der Waals surface area contributed by atoms with Crippen LogP contribution in [0.4, 0.5) is 10.1 Å². The second-order valence-corrected chi connectivity index (χ2v) is 9.51. The number of rotatable bonds is 8. The molecular weight excluding hydrogens is 432 g/mol. The average molecular weight is 455 g/mol. The van der Waals surface area contributed by atoms with Crippen molar-refractivity contribution in [3.05, 3.63) is 104 Å². The van der Waals surface area contributed by atoms with E-state index in [2.05, 4.69) is 5.18 Å². The largest absolute Gasteiger partial charge is 0.333 e. The minimum atomic E-state index is -4.43. The van der Waals surface area contributed by atoms with Crippen LogP contribution in [0.1, 0.15) is 43.7 Å². The summed E-state index contributed by atoms with van der Waals surface area (Å²) in [6.45, 7) is 3.69. The zero-order chi connectivity index (χ0) is 23.5. The zero-order valence-electron chi connectivity index (χ0n) is 17.7. The maximum absolute atomic E-state index is 13.2. The van der Waals surface area contributed by atoms with Gasteiger partial charge in [0.25, 0.3) is 0 Å². The smallest absolute Gasteiger partial charge is 0.324 e. The van der Waals surface area contributed by atoms with Crippen LogP contribution >= 0.6 is 7.60 Å². The van der Waals surface area contributed by atoms with Gasteiger partial charge in [-0.3, -0.25) is 9.36 Å². The topological polar surface area (TPSA) is 104 Å². The highest BCUT2D eigenvalue weighted by Gasteiger charge is 2.21. The Kier molecular flexibility index (Phi) is 7.14. The normalized spacial score (nSPS) is 11.4. The van der Waals surface area contributed by atoms with Crippen LogP contribution in [0.3, 0.4) is 0 Å². The summed E-state index contributed by atoms with van der Waals surface area (Å²) in [6, 6.07) is 14.7. The fourth-order valence-electron chi connectivity index (χ4n) is 3.72. The van der Waals surface area contributed by atoms with Gasteiger partial charge in [-0.25, -0.2) is 4.39 Å². The molecule has 3 aromatic carbocycles. The van der Waals surface area contributed by atoms with E-state index in [1.807, 2.05) is 26.0 Å². The minimum Gasteiger partial charge on any atom is -0.324 e. The SMILES string of the molecule is Cc1cc(C(=O)CP(=O)(O)O)cc(C)c1Cc1ccc(N=O)c(Cc2ccc(F)cc2)c1. The van der Waals surface area contributed by atoms with Crippen LogP contribution < -0.4 is 0 Å². The maximum Gasteiger partial charge on any atom is 0.333 e. The van der Waals surface area contributed by atoms with Gasteiger partial charge >= 0.3 is 7.60 Å². The Morgan fingerprint density at radius 2 is 1.53 bits per heavy atom. The number of carbonyl (C=O) groups excluding carboxylic acids is 1. The van der Waals surface area contributed by atoms with Crippen molar-refractivity contribution in [1.82, 2.24) is 0 Å². The first-order chi connectivity index (χ1) is 15.1. The Morgan fingerprint density at radius 1 is 0.938 bits per heavy atom. The summed E-state index contributed by atoms with van der Waals surface area (Å²) in [5.74, 6) is -0.927. The Morgan fingerprint density at radius 3 is 2.09 bits per heavy atom. The molecule has 166 valence electrons. The van der Waals surface area contributed by atoms with Crippen molar-refractivity contribution < 1.29 is 23.5 Å². The van der Waals surface area contributed by atoms with Crippen molar-refractivity contribution in [1.29, 1.82) is 0 Å². The molecule has 0 unspecified atom stereocenters. The molecule has 0 aliphatic heterocycles. The second kappa shape index (κ2) is 9.65. The molecule has 0 aromatic heterocycles. The first kappa shape index (κ1) is 23.7. The number of nitroso groups, excluding NO2 is 1. The standard InChI is InChI=1S/C24H23FNO5P/c1-15-9-20(24(27)14-32(29,30)31)10-16(2)22(15)13-18-5-8-23(26-28)19(12-18)11-17-3-6-21(25)7-4-17/h3-10,12H,11,13-14H2,1-2H3,(H2,29,30,31).